The number of rotatable bonds is 2. The molecule has 0 aliphatic heterocycles. The maximum absolute atomic E-state index is 8.92. The van der Waals surface area contributed by atoms with Crippen LogP contribution in [0.5, 0.6) is 0 Å². The van der Waals surface area contributed by atoms with Gasteiger partial charge in [-0.25, -0.2) is 0 Å². The molecule has 0 saturated heterocycles. The predicted octanol–water partition coefficient (Wildman–Crippen LogP) is 1.74. The lowest BCUT2D eigenvalue weighted by molar-refractivity contribution is 0.276. The lowest BCUT2D eigenvalue weighted by Crippen LogP contribution is -1.93. The number of halogens is 1. The van der Waals surface area contributed by atoms with Crippen LogP contribution in [0.2, 0.25) is 0 Å². The zero-order valence-electron chi connectivity index (χ0n) is 6.84. The molecule has 0 saturated carbocycles. The Balaban J connectivity index is 3.16. The number of hydrogen-bond donors (Lipinski definition) is 2. The van der Waals surface area contributed by atoms with Crippen LogP contribution in [0.4, 0.5) is 0 Å². The van der Waals surface area contributed by atoms with Gasteiger partial charge in [0.15, 0.2) is 0 Å². The van der Waals surface area contributed by atoms with Crippen molar-refractivity contribution in [3.05, 3.63) is 33.3 Å². The zero-order valence-corrected chi connectivity index (χ0v) is 8.43. The average Bonchev–Trinajstić information content (AvgIpc) is 2.08. The van der Waals surface area contributed by atoms with Gasteiger partial charge in [0, 0.05) is 4.47 Å². The maximum Gasteiger partial charge on any atom is 0.0692 e. The fourth-order valence-electron chi connectivity index (χ4n) is 1.07. The summed E-state index contributed by atoms with van der Waals surface area (Å²) in [7, 11) is 0. The summed E-state index contributed by atoms with van der Waals surface area (Å²) < 4.78 is 0.847. The number of aliphatic hydroxyl groups excluding tert-OH is 2. The molecular weight excluding hydrogens is 220 g/mol. The minimum Gasteiger partial charge on any atom is -0.392 e. The lowest BCUT2D eigenvalue weighted by Gasteiger charge is -2.06. The van der Waals surface area contributed by atoms with Crippen LogP contribution in [-0.2, 0) is 13.2 Å². The first-order valence-corrected chi connectivity index (χ1v) is 4.48. The summed E-state index contributed by atoms with van der Waals surface area (Å²) in [4.78, 5) is 0. The quantitative estimate of drug-likeness (QED) is 0.813. The Labute approximate surface area is 80.0 Å². The van der Waals surface area contributed by atoms with E-state index in [-0.39, 0.29) is 13.2 Å². The van der Waals surface area contributed by atoms with E-state index in [0.29, 0.717) is 0 Å². The Kier molecular flexibility index (Phi) is 3.26. The molecule has 2 nitrogen and oxygen atoms in total. The van der Waals surface area contributed by atoms with Gasteiger partial charge in [-0.3, -0.25) is 0 Å². The largest absolute Gasteiger partial charge is 0.392 e. The second-order valence-corrected chi connectivity index (χ2v) is 3.54. The highest BCUT2D eigenvalue weighted by atomic mass is 79.9. The van der Waals surface area contributed by atoms with Crippen LogP contribution in [0, 0.1) is 6.92 Å². The van der Waals surface area contributed by atoms with Gasteiger partial charge in [0.2, 0.25) is 0 Å². The third-order valence-corrected chi connectivity index (χ3v) is 2.58. The standard InChI is InChI=1S/C9H11BrO2/c1-6-2-8(5-12)9(10)3-7(6)4-11/h2-3,11-12H,4-5H2,1H3. The first-order valence-electron chi connectivity index (χ1n) is 3.68. The summed E-state index contributed by atoms with van der Waals surface area (Å²) in [5.41, 5.74) is 2.74. The molecule has 0 heterocycles. The Morgan fingerprint density at radius 1 is 1.17 bits per heavy atom. The first-order chi connectivity index (χ1) is 5.69. The lowest BCUT2D eigenvalue weighted by atomic mass is 10.1. The summed E-state index contributed by atoms with van der Waals surface area (Å²) in [5, 5.41) is 17.8. The van der Waals surface area contributed by atoms with E-state index in [0.717, 1.165) is 21.2 Å². The highest BCUT2D eigenvalue weighted by molar-refractivity contribution is 9.10. The van der Waals surface area contributed by atoms with Crippen molar-refractivity contribution in [3.8, 4) is 0 Å². The highest BCUT2D eigenvalue weighted by Crippen LogP contribution is 2.21. The van der Waals surface area contributed by atoms with Crippen LogP contribution in [-0.4, -0.2) is 10.2 Å². The summed E-state index contributed by atoms with van der Waals surface area (Å²) in [6.45, 7) is 1.97. The van der Waals surface area contributed by atoms with E-state index in [1.165, 1.54) is 0 Å². The van der Waals surface area contributed by atoms with Gasteiger partial charge in [0.05, 0.1) is 13.2 Å². The molecule has 2 N–H and O–H groups in total. The van der Waals surface area contributed by atoms with Gasteiger partial charge < -0.3 is 10.2 Å². The Morgan fingerprint density at radius 2 is 1.75 bits per heavy atom. The average molecular weight is 231 g/mol. The molecule has 0 bridgehead atoms. The van der Waals surface area contributed by atoms with Crippen LogP contribution in [0.3, 0.4) is 0 Å². The van der Waals surface area contributed by atoms with E-state index in [1.54, 1.807) is 0 Å². The molecule has 0 radical (unpaired) electrons. The fraction of sp³-hybridized carbons (Fsp3) is 0.333. The smallest absolute Gasteiger partial charge is 0.0692 e. The molecular formula is C9H11BrO2. The maximum atomic E-state index is 8.92. The highest BCUT2D eigenvalue weighted by Gasteiger charge is 2.03. The van der Waals surface area contributed by atoms with E-state index in [9.17, 15) is 0 Å². The molecule has 0 unspecified atom stereocenters. The molecule has 0 amide bonds. The van der Waals surface area contributed by atoms with Gasteiger partial charge in [-0.15, -0.1) is 0 Å². The minimum absolute atomic E-state index is 0.0210. The summed E-state index contributed by atoms with van der Waals surface area (Å²) >= 11 is 3.31. The van der Waals surface area contributed by atoms with Crippen LogP contribution in [0.15, 0.2) is 16.6 Å². The van der Waals surface area contributed by atoms with Gasteiger partial charge in [-0.2, -0.15) is 0 Å². The molecule has 0 atom stereocenters. The Hall–Kier alpha value is -0.380. The van der Waals surface area contributed by atoms with Crippen molar-refractivity contribution < 1.29 is 10.2 Å². The van der Waals surface area contributed by atoms with Crippen molar-refractivity contribution in [2.45, 2.75) is 20.1 Å². The van der Waals surface area contributed by atoms with Crippen molar-refractivity contribution >= 4 is 15.9 Å². The molecule has 12 heavy (non-hydrogen) atoms. The van der Waals surface area contributed by atoms with Crippen LogP contribution < -0.4 is 0 Å². The molecule has 1 aromatic carbocycles. The van der Waals surface area contributed by atoms with Gasteiger partial charge in [-0.1, -0.05) is 22.0 Å². The molecule has 3 heteroatoms. The van der Waals surface area contributed by atoms with Gasteiger partial charge in [0.1, 0.15) is 0 Å². The molecule has 0 aliphatic carbocycles. The van der Waals surface area contributed by atoms with E-state index >= 15 is 0 Å². The second kappa shape index (κ2) is 4.03. The first kappa shape index (κ1) is 9.71. The van der Waals surface area contributed by atoms with Crippen LogP contribution in [0.25, 0.3) is 0 Å². The van der Waals surface area contributed by atoms with Crippen molar-refractivity contribution in [1.82, 2.24) is 0 Å². The van der Waals surface area contributed by atoms with Gasteiger partial charge in [0.25, 0.3) is 0 Å². The van der Waals surface area contributed by atoms with E-state index in [2.05, 4.69) is 15.9 Å². The molecule has 1 aromatic rings. The van der Waals surface area contributed by atoms with Crippen molar-refractivity contribution in [2.24, 2.45) is 0 Å². The predicted molar refractivity (Wildman–Crippen MR) is 50.7 cm³/mol. The molecule has 1 rings (SSSR count). The third kappa shape index (κ3) is 1.86. The Bertz CT molecular complexity index is 254. The third-order valence-electron chi connectivity index (χ3n) is 1.85. The molecule has 0 fully saturated rings. The number of aryl methyl sites for hydroxylation is 1. The molecule has 0 aromatic heterocycles. The number of aliphatic hydroxyl groups is 2. The van der Waals surface area contributed by atoms with Gasteiger partial charge >= 0.3 is 0 Å². The van der Waals surface area contributed by atoms with E-state index in [4.69, 9.17) is 10.2 Å². The van der Waals surface area contributed by atoms with E-state index in [1.807, 2.05) is 19.1 Å². The summed E-state index contributed by atoms with van der Waals surface area (Å²) in [6.07, 6.45) is 0. The monoisotopic (exact) mass is 230 g/mol. The molecule has 0 spiro atoms. The van der Waals surface area contributed by atoms with Crippen LogP contribution in [0.1, 0.15) is 16.7 Å². The van der Waals surface area contributed by atoms with Crippen molar-refractivity contribution in [1.29, 1.82) is 0 Å². The van der Waals surface area contributed by atoms with Gasteiger partial charge in [-0.05, 0) is 29.7 Å². The summed E-state index contributed by atoms with van der Waals surface area (Å²) in [6, 6.07) is 3.70. The number of benzene rings is 1. The minimum atomic E-state index is 0.0210. The van der Waals surface area contributed by atoms with Crippen molar-refractivity contribution in [2.75, 3.05) is 0 Å². The Morgan fingerprint density at radius 3 is 2.25 bits per heavy atom. The molecule has 66 valence electrons. The van der Waals surface area contributed by atoms with Crippen molar-refractivity contribution in [3.63, 3.8) is 0 Å². The second-order valence-electron chi connectivity index (χ2n) is 2.69. The fourth-order valence-corrected chi connectivity index (χ4v) is 1.59. The molecule has 0 aliphatic rings. The van der Waals surface area contributed by atoms with Crippen LogP contribution >= 0.6 is 15.9 Å². The number of hydrogen-bond acceptors (Lipinski definition) is 2. The van der Waals surface area contributed by atoms with E-state index < -0.39 is 0 Å². The topological polar surface area (TPSA) is 40.5 Å². The normalized spacial score (nSPS) is 10.3. The zero-order chi connectivity index (χ0) is 9.14. The SMILES string of the molecule is Cc1cc(CO)c(Br)cc1CO. The summed E-state index contributed by atoms with van der Waals surface area (Å²) in [5.74, 6) is 0.